The van der Waals surface area contributed by atoms with E-state index in [1.165, 1.54) is 14.1 Å². The van der Waals surface area contributed by atoms with Crippen molar-refractivity contribution in [2.75, 3.05) is 14.1 Å². The van der Waals surface area contributed by atoms with E-state index < -0.39 is 23.3 Å². The van der Waals surface area contributed by atoms with Crippen molar-refractivity contribution in [3.8, 4) is 5.75 Å². The Morgan fingerprint density at radius 3 is 2.53 bits per heavy atom. The van der Waals surface area contributed by atoms with Crippen LogP contribution in [0.4, 0.5) is 13.2 Å². The molecule has 0 bridgehead atoms. The Labute approximate surface area is 108 Å². The lowest BCUT2D eigenvalue weighted by molar-refractivity contribution is -0.141. The summed E-state index contributed by atoms with van der Waals surface area (Å²) in [6, 6.07) is 1.11. The molecule has 0 saturated heterocycles. The molecule has 0 unspecified atom stereocenters. The summed E-state index contributed by atoms with van der Waals surface area (Å²) in [6.07, 6.45) is -1.89. The van der Waals surface area contributed by atoms with E-state index in [1.54, 1.807) is 0 Å². The van der Waals surface area contributed by atoms with Gasteiger partial charge in [-0.25, -0.2) is 4.98 Å². The van der Waals surface area contributed by atoms with Crippen molar-refractivity contribution in [2.24, 2.45) is 0 Å². The maximum absolute atomic E-state index is 12.8. The Bertz CT molecular complexity index is 496. The number of carbonyl (C=O) groups excluding carboxylic acids is 1. The molecule has 0 atom stereocenters. The fourth-order valence-electron chi connectivity index (χ4n) is 1.52. The summed E-state index contributed by atoms with van der Waals surface area (Å²) in [5, 5.41) is 0. The van der Waals surface area contributed by atoms with Gasteiger partial charge in [0.15, 0.2) is 5.69 Å². The molecule has 4 nitrogen and oxygen atoms in total. The highest BCUT2D eigenvalue weighted by atomic mass is 19.4. The molecule has 0 radical (unpaired) electrons. The molecule has 0 aliphatic heterocycles. The van der Waals surface area contributed by atoms with E-state index >= 15 is 0 Å². The van der Waals surface area contributed by atoms with Crippen LogP contribution >= 0.6 is 0 Å². The van der Waals surface area contributed by atoms with Gasteiger partial charge in [-0.05, 0) is 18.9 Å². The largest absolute Gasteiger partial charge is 0.489 e. The van der Waals surface area contributed by atoms with Gasteiger partial charge >= 0.3 is 6.18 Å². The third-order valence-electron chi connectivity index (χ3n) is 2.59. The SMILES string of the molecule is CN(C)C(=O)c1cc(OC2CC2)cnc1C(F)(F)F. The highest BCUT2D eigenvalue weighted by Gasteiger charge is 2.38. The molecule has 1 amide bonds. The Kier molecular flexibility index (Phi) is 3.38. The zero-order valence-corrected chi connectivity index (χ0v) is 10.5. The maximum atomic E-state index is 12.8. The van der Waals surface area contributed by atoms with Crippen LogP contribution < -0.4 is 4.74 Å². The molecule has 0 spiro atoms. The first-order chi connectivity index (χ1) is 8.79. The van der Waals surface area contributed by atoms with Crippen molar-refractivity contribution < 1.29 is 22.7 Å². The van der Waals surface area contributed by atoms with Crippen molar-refractivity contribution >= 4 is 5.91 Å². The van der Waals surface area contributed by atoms with Crippen LogP contribution in [0.2, 0.25) is 0 Å². The highest BCUT2D eigenvalue weighted by molar-refractivity contribution is 5.95. The molecule has 1 aliphatic carbocycles. The lowest BCUT2D eigenvalue weighted by atomic mass is 10.1. The quantitative estimate of drug-likeness (QED) is 0.849. The molecule has 1 fully saturated rings. The molecule has 1 aliphatic rings. The van der Waals surface area contributed by atoms with Gasteiger partial charge in [-0.1, -0.05) is 0 Å². The number of halogens is 3. The van der Waals surface area contributed by atoms with Gasteiger partial charge in [-0.15, -0.1) is 0 Å². The molecule has 1 heterocycles. The van der Waals surface area contributed by atoms with Gasteiger partial charge in [0.1, 0.15) is 5.75 Å². The van der Waals surface area contributed by atoms with Gasteiger partial charge < -0.3 is 9.64 Å². The highest BCUT2D eigenvalue weighted by Crippen LogP contribution is 2.33. The molecule has 2 rings (SSSR count). The third kappa shape index (κ3) is 3.15. The molecule has 0 aromatic carbocycles. The van der Waals surface area contributed by atoms with E-state index in [4.69, 9.17) is 4.74 Å². The summed E-state index contributed by atoms with van der Waals surface area (Å²) in [4.78, 5) is 16.2. The molecule has 104 valence electrons. The first-order valence-corrected chi connectivity index (χ1v) is 5.74. The maximum Gasteiger partial charge on any atom is 0.434 e. The molecular weight excluding hydrogens is 261 g/mol. The summed E-state index contributed by atoms with van der Waals surface area (Å²) in [7, 11) is 2.77. The van der Waals surface area contributed by atoms with Crippen LogP contribution in [0.3, 0.4) is 0 Å². The minimum absolute atomic E-state index is 0.0286. The van der Waals surface area contributed by atoms with Gasteiger partial charge in [0.2, 0.25) is 0 Å². The fraction of sp³-hybridized carbons (Fsp3) is 0.500. The smallest absolute Gasteiger partial charge is 0.434 e. The Balaban J connectivity index is 2.40. The summed E-state index contributed by atoms with van der Waals surface area (Å²) in [5.41, 5.74) is -1.68. The summed E-state index contributed by atoms with van der Waals surface area (Å²) < 4.78 is 43.8. The van der Waals surface area contributed by atoms with Gasteiger partial charge in [0, 0.05) is 14.1 Å². The number of aromatic nitrogens is 1. The predicted octanol–water partition coefficient (Wildman–Crippen LogP) is 2.34. The third-order valence-corrected chi connectivity index (χ3v) is 2.59. The number of alkyl halides is 3. The van der Waals surface area contributed by atoms with Crippen molar-refractivity contribution in [2.45, 2.75) is 25.1 Å². The van der Waals surface area contributed by atoms with Crippen molar-refractivity contribution in [3.05, 3.63) is 23.5 Å². The summed E-state index contributed by atoms with van der Waals surface area (Å²) in [6.45, 7) is 0. The molecule has 0 N–H and O–H groups in total. The van der Waals surface area contributed by atoms with Crippen LogP contribution in [0.5, 0.6) is 5.75 Å². The van der Waals surface area contributed by atoms with E-state index in [2.05, 4.69) is 4.98 Å². The van der Waals surface area contributed by atoms with Gasteiger partial charge in [0.25, 0.3) is 5.91 Å². The minimum Gasteiger partial charge on any atom is -0.489 e. The number of hydrogen-bond donors (Lipinski definition) is 0. The van der Waals surface area contributed by atoms with Gasteiger partial charge in [-0.3, -0.25) is 4.79 Å². The zero-order valence-electron chi connectivity index (χ0n) is 10.5. The van der Waals surface area contributed by atoms with Crippen LogP contribution in [-0.2, 0) is 6.18 Å². The molecule has 1 aromatic rings. The Hall–Kier alpha value is -1.79. The fourth-order valence-corrected chi connectivity index (χ4v) is 1.52. The van der Waals surface area contributed by atoms with Crippen LogP contribution in [-0.4, -0.2) is 36.0 Å². The number of pyridine rings is 1. The number of carbonyl (C=O) groups is 1. The average Bonchev–Trinajstić information content (AvgIpc) is 3.10. The van der Waals surface area contributed by atoms with E-state index in [1.807, 2.05) is 0 Å². The molecule has 7 heteroatoms. The molecule has 1 saturated carbocycles. The number of hydrogen-bond acceptors (Lipinski definition) is 3. The summed E-state index contributed by atoms with van der Waals surface area (Å²) in [5.74, 6) is -0.554. The number of ether oxygens (including phenoxy) is 1. The number of nitrogens with zero attached hydrogens (tertiary/aromatic N) is 2. The van der Waals surface area contributed by atoms with E-state index in [0.717, 1.165) is 30.0 Å². The van der Waals surface area contributed by atoms with Crippen molar-refractivity contribution in [3.63, 3.8) is 0 Å². The van der Waals surface area contributed by atoms with E-state index in [-0.39, 0.29) is 11.9 Å². The van der Waals surface area contributed by atoms with Crippen LogP contribution in [0.1, 0.15) is 28.9 Å². The molecule has 1 aromatic heterocycles. The second-order valence-electron chi connectivity index (χ2n) is 4.58. The van der Waals surface area contributed by atoms with Crippen LogP contribution in [0, 0.1) is 0 Å². The summed E-state index contributed by atoms with van der Waals surface area (Å²) >= 11 is 0. The normalized spacial score (nSPS) is 15.2. The van der Waals surface area contributed by atoms with Gasteiger partial charge in [0.05, 0.1) is 17.9 Å². The second-order valence-corrected chi connectivity index (χ2v) is 4.58. The van der Waals surface area contributed by atoms with Crippen LogP contribution in [0.25, 0.3) is 0 Å². The number of rotatable bonds is 3. The van der Waals surface area contributed by atoms with Crippen molar-refractivity contribution in [1.82, 2.24) is 9.88 Å². The van der Waals surface area contributed by atoms with E-state index in [9.17, 15) is 18.0 Å². The minimum atomic E-state index is -4.67. The van der Waals surface area contributed by atoms with Crippen LogP contribution in [0.15, 0.2) is 12.3 Å². The average molecular weight is 274 g/mol. The second kappa shape index (κ2) is 4.71. The van der Waals surface area contributed by atoms with E-state index in [0.29, 0.717) is 0 Å². The topological polar surface area (TPSA) is 42.4 Å². The first kappa shape index (κ1) is 13.6. The predicted molar refractivity (Wildman–Crippen MR) is 60.9 cm³/mol. The zero-order chi connectivity index (χ0) is 14.2. The first-order valence-electron chi connectivity index (χ1n) is 5.74. The molecular formula is C12H13F3N2O2. The lowest BCUT2D eigenvalue weighted by Gasteiger charge is -2.16. The van der Waals surface area contributed by atoms with Gasteiger partial charge in [-0.2, -0.15) is 13.2 Å². The molecule has 19 heavy (non-hydrogen) atoms. The van der Waals surface area contributed by atoms with Crippen molar-refractivity contribution in [1.29, 1.82) is 0 Å². The standard InChI is InChI=1S/C12H13F3N2O2/c1-17(2)11(18)9-5-8(19-7-3-4-7)6-16-10(9)12(13,14)15/h5-7H,3-4H2,1-2H3. The lowest BCUT2D eigenvalue weighted by Crippen LogP contribution is -2.26. The number of amides is 1. The Morgan fingerprint density at radius 1 is 1.42 bits per heavy atom. The monoisotopic (exact) mass is 274 g/mol. The Morgan fingerprint density at radius 2 is 2.05 bits per heavy atom.